The van der Waals surface area contributed by atoms with Gasteiger partial charge in [-0.1, -0.05) is 6.42 Å². The van der Waals surface area contributed by atoms with Gasteiger partial charge in [-0.2, -0.15) is 4.98 Å². The summed E-state index contributed by atoms with van der Waals surface area (Å²) in [7, 11) is 0. The summed E-state index contributed by atoms with van der Waals surface area (Å²) in [5.74, 6) is 0.976. The van der Waals surface area contributed by atoms with E-state index in [-0.39, 0.29) is 5.91 Å². The second-order valence-electron chi connectivity index (χ2n) is 8.29. The lowest BCUT2D eigenvalue weighted by atomic mass is 10.1. The number of nitrogens with zero attached hydrogens (tertiary/aromatic N) is 5. The van der Waals surface area contributed by atoms with E-state index in [1.54, 1.807) is 12.3 Å². The fourth-order valence-electron chi connectivity index (χ4n) is 4.18. The van der Waals surface area contributed by atoms with Gasteiger partial charge in [0.1, 0.15) is 17.2 Å². The molecule has 0 aliphatic carbocycles. The Bertz CT molecular complexity index is 1050. The Morgan fingerprint density at radius 2 is 1.88 bits per heavy atom. The Kier molecular flexibility index (Phi) is 6.13. The Balaban J connectivity index is 1.22. The number of piperazine rings is 1. The molecule has 0 radical (unpaired) electrons. The van der Waals surface area contributed by atoms with Crippen molar-refractivity contribution in [3.8, 4) is 0 Å². The number of likely N-dealkylation sites (tertiary alicyclic amines) is 1. The molecule has 0 bridgehead atoms. The highest BCUT2D eigenvalue weighted by atomic mass is 16.2. The van der Waals surface area contributed by atoms with Gasteiger partial charge in [-0.3, -0.25) is 9.69 Å². The first-order valence-corrected chi connectivity index (χ1v) is 11.3. The molecule has 2 saturated heterocycles. The van der Waals surface area contributed by atoms with Gasteiger partial charge in [0.05, 0.1) is 18.6 Å². The van der Waals surface area contributed by atoms with Crippen molar-refractivity contribution in [2.45, 2.75) is 19.3 Å². The van der Waals surface area contributed by atoms with Crippen LogP contribution in [0.3, 0.4) is 0 Å². The third-order valence-corrected chi connectivity index (χ3v) is 6.00. The number of aromatic amines is 1. The third-order valence-electron chi connectivity index (χ3n) is 6.00. The monoisotopic (exact) mass is 435 g/mol. The highest BCUT2D eigenvalue weighted by Crippen LogP contribution is 2.19. The van der Waals surface area contributed by atoms with Crippen LogP contribution in [0.15, 0.2) is 30.6 Å². The van der Waals surface area contributed by atoms with Crippen LogP contribution in [0.5, 0.6) is 0 Å². The van der Waals surface area contributed by atoms with Crippen molar-refractivity contribution < 1.29 is 4.79 Å². The molecule has 5 heterocycles. The number of piperidine rings is 1. The van der Waals surface area contributed by atoms with E-state index in [1.807, 2.05) is 12.3 Å². The topological polar surface area (TPSA) is 114 Å². The number of anilines is 3. The minimum Gasteiger partial charge on any atom is -0.368 e. The maximum absolute atomic E-state index is 12.5. The Hall–Kier alpha value is -3.24. The van der Waals surface area contributed by atoms with E-state index in [0.717, 1.165) is 50.3 Å². The van der Waals surface area contributed by atoms with Crippen molar-refractivity contribution in [1.82, 2.24) is 35.5 Å². The van der Waals surface area contributed by atoms with E-state index in [9.17, 15) is 4.79 Å². The van der Waals surface area contributed by atoms with Crippen LogP contribution in [0.1, 0.15) is 29.8 Å². The number of carbonyl (C=O) groups is 1. The molecular weight excluding hydrogens is 406 g/mol. The zero-order valence-corrected chi connectivity index (χ0v) is 18.1. The molecule has 2 aliphatic heterocycles. The van der Waals surface area contributed by atoms with E-state index in [4.69, 9.17) is 0 Å². The van der Waals surface area contributed by atoms with Gasteiger partial charge in [0, 0.05) is 37.8 Å². The Labute approximate surface area is 186 Å². The number of pyridine rings is 1. The molecule has 0 unspecified atom stereocenters. The van der Waals surface area contributed by atoms with Gasteiger partial charge in [-0.15, -0.1) is 0 Å². The molecule has 4 N–H and O–H groups in total. The molecule has 32 heavy (non-hydrogen) atoms. The van der Waals surface area contributed by atoms with Crippen LogP contribution < -0.4 is 20.9 Å². The van der Waals surface area contributed by atoms with Crippen LogP contribution in [0.4, 0.5) is 17.5 Å². The summed E-state index contributed by atoms with van der Waals surface area (Å²) < 4.78 is 0. The summed E-state index contributed by atoms with van der Waals surface area (Å²) in [4.78, 5) is 33.6. The van der Waals surface area contributed by atoms with Crippen LogP contribution in [0.2, 0.25) is 0 Å². The molecule has 10 heteroatoms. The van der Waals surface area contributed by atoms with Crippen molar-refractivity contribution in [3.05, 3.63) is 36.3 Å². The van der Waals surface area contributed by atoms with Crippen molar-refractivity contribution >= 4 is 34.4 Å². The second kappa shape index (κ2) is 9.49. The van der Waals surface area contributed by atoms with Crippen LogP contribution in [0, 0.1) is 0 Å². The number of rotatable bonds is 6. The highest BCUT2D eigenvalue weighted by Gasteiger charge is 2.15. The van der Waals surface area contributed by atoms with Gasteiger partial charge in [-0.25, -0.2) is 9.97 Å². The van der Waals surface area contributed by atoms with Crippen molar-refractivity contribution in [2.75, 3.05) is 56.2 Å². The number of amides is 1. The second-order valence-corrected chi connectivity index (χ2v) is 8.29. The van der Waals surface area contributed by atoms with E-state index < -0.39 is 0 Å². The molecule has 0 atom stereocenters. The molecule has 2 aliphatic rings. The maximum Gasteiger partial charge on any atom is 0.268 e. The molecule has 2 fully saturated rings. The quantitative estimate of drug-likeness (QED) is 0.462. The number of hydrogen-bond acceptors (Lipinski definition) is 8. The molecular formula is C22H29N9O. The van der Waals surface area contributed by atoms with Gasteiger partial charge in [0.2, 0.25) is 5.95 Å². The Morgan fingerprint density at radius 1 is 1.03 bits per heavy atom. The molecule has 168 valence electrons. The van der Waals surface area contributed by atoms with Gasteiger partial charge in [-0.05, 0) is 44.1 Å². The van der Waals surface area contributed by atoms with Crippen LogP contribution >= 0.6 is 0 Å². The molecule has 0 spiro atoms. The summed E-state index contributed by atoms with van der Waals surface area (Å²) in [5.41, 5.74) is 2.21. The molecule has 3 aromatic rings. The van der Waals surface area contributed by atoms with Crippen molar-refractivity contribution in [1.29, 1.82) is 0 Å². The predicted molar refractivity (Wildman–Crippen MR) is 124 cm³/mol. The molecule has 5 rings (SSSR count). The lowest BCUT2D eigenvalue weighted by Gasteiger charge is -2.29. The van der Waals surface area contributed by atoms with E-state index in [2.05, 4.69) is 51.8 Å². The molecule has 10 nitrogen and oxygen atoms in total. The fraction of sp³-hybridized carbons (Fsp3) is 0.455. The number of fused-ring (bicyclic) bond motifs is 1. The number of H-pyrrole nitrogens is 1. The first-order chi connectivity index (χ1) is 15.7. The smallest absolute Gasteiger partial charge is 0.268 e. The van der Waals surface area contributed by atoms with Crippen molar-refractivity contribution in [2.24, 2.45) is 0 Å². The summed E-state index contributed by atoms with van der Waals surface area (Å²) in [6.07, 6.45) is 7.24. The average molecular weight is 436 g/mol. The van der Waals surface area contributed by atoms with Gasteiger partial charge < -0.3 is 25.8 Å². The summed E-state index contributed by atoms with van der Waals surface area (Å²) in [6, 6.07) is 5.77. The highest BCUT2D eigenvalue weighted by molar-refractivity contribution is 5.97. The zero-order valence-electron chi connectivity index (χ0n) is 18.1. The summed E-state index contributed by atoms with van der Waals surface area (Å²) >= 11 is 0. The predicted octanol–water partition coefficient (Wildman–Crippen LogP) is 1.68. The molecule has 0 aromatic carbocycles. The largest absolute Gasteiger partial charge is 0.368 e. The third kappa shape index (κ3) is 4.81. The van der Waals surface area contributed by atoms with E-state index in [0.29, 0.717) is 29.8 Å². The minimum absolute atomic E-state index is 0.131. The Morgan fingerprint density at radius 3 is 2.66 bits per heavy atom. The standard InChI is InChI=1S/C22H29N9O/c32-21(26-15-30-8-2-1-3-9-30)18-12-16-13-25-22(29-20(16)27-18)28-19-5-4-17(14-24-19)31-10-6-23-7-11-31/h4-5,12-14,23H,1-3,6-11,15H2,(H,26,32)(H2,24,25,27,28,29). The van der Waals surface area contributed by atoms with Gasteiger partial charge in [0.25, 0.3) is 5.91 Å². The molecule has 0 saturated carbocycles. The van der Waals surface area contributed by atoms with Gasteiger partial charge >= 0.3 is 0 Å². The maximum atomic E-state index is 12.5. The normalized spacial score (nSPS) is 17.4. The van der Waals surface area contributed by atoms with Gasteiger partial charge in [0.15, 0.2) is 0 Å². The lowest BCUT2D eigenvalue weighted by Crippen LogP contribution is -2.43. The minimum atomic E-state index is -0.131. The van der Waals surface area contributed by atoms with Crippen LogP contribution in [0.25, 0.3) is 11.0 Å². The number of carbonyl (C=O) groups excluding carboxylic acids is 1. The SMILES string of the molecule is O=C(NCN1CCCCC1)c1cc2cnc(Nc3ccc(N4CCNCC4)cn3)nc2[nH]1. The van der Waals surface area contributed by atoms with E-state index >= 15 is 0 Å². The first kappa shape index (κ1) is 20.7. The van der Waals surface area contributed by atoms with Crippen LogP contribution in [-0.2, 0) is 0 Å². The van der Waals surface area contributed by atoms with Crippen LogP contribution in [-0.4, -0.2) is 76.7 Å². The lowest BCUT2D eigenvalue weighted by molar-refractivity contribution is 0.0910. The molecule has 3 aromatic heterocycles. The first-order valence-electron chi connectivity index (χ1n) is 11.3. The average Bonchev–Trinajstić information content (AvgIpc) is 3.28. The summed E-state index contributed by atoms with van der Waals surface area (Å²) in [6.45, 7) is 6.59. The fourth-order valence-corrected chi connectivity index (χ4v) is 4.18. The van der Waals surface area contributed by atoms with Crippen molar-refractivity contribution in [3.63, 3.8) is 0 Å². The number of aromatic nitrogens is 4. The van der Waals surface area contributed by atoms with E-state index in [1.165, 1.54) is 19.3 Å². The summed E-state index contributed by atoms with van der Waals surface area (Å²) in [5, 5.41) is 10.3. The number of hydrogen-bond donors (Lipinski definition) is 4. The molecule has 1 amide bonds. The number of nitrogens with one attached hydrogen (secondary N) is 4. The zero-order chi connectivity index (χ0) is 21.8.